The Kier molecular flexibility index (Phi) is 5.26. The van der Waals surface area contributed by atoms with Crippen LogP contribution in [-0.2, 0) is 6.42 Å². The average molecular weight is 305 g/mol. The Bertz CT molecular complexity index is 599. The van der Waals surface area contributed by atoms with Crippen LogP contribution < -0.4 is 5.73 Å². The lowest BCUT2D eigenvalue weighted by Crippen LogP contribution is -2.32. The zero-order chi connectivity index (χ0) is 14.0. The van der Waals surface area contributed by atoms with Gasteiger partial charge in [-0.05, 0) is 47.7 Å². The quantitative estimate of drug-likeness (QED) is 0.937. The molecule has 1 heterocycles. The van der Waals surface area contributed by atoms with Gasteiger partial charge < -0.3 is 10.6 Å². The molecule has 2 aromatic rings. The standard InChI is InChI=1S/C18H24N2.ClH/c1-18(13-19)9-11-20(14-18)10-8-15-6-7-16-4-2-3-5-17(16)12-15;/h2-7,12H,8-11,13-14,19H2,1H3;1H. The summed E-state index contributed by atoms with van der Waals surface area (Å²) in [6.45, 7) is 6.61. The van der Waals surface area contributed by atoms with Gasteiger partial charge >= 0.3 is 0 Å². The first-order valence-electron chi connectivity index (χ1n) is 7.59. The van der Waals surface area contributed by atoms with E-state index in [1.807, 2.05) is 0 Å². The van der Waals surface area contributed by atoms with Gasteiger partial charge in [0, 0.05) is 13.1 Å². The van der Waals surface area contributed by atoms with Crippen molar-refractivity contribution in [1.29, 1.82) is 0 Å². The van der Waals surface area contributed by atoms with Crippen molar-refractivity contribution in [2.24, 2.45) is 11.1 Å². The highest BCUT2D eigenvalue weighted by atomic mass is 35.5. The smallest absolute Gasteiger partial charge is 0.00480 e. The Hall–Kier alpha value is -1.09. The molecule has 1 fully saturated rings. The highest BCUT2D eigenvalue weighted by Gasteiger charge is 2.31. The minimum absolute atomic E-state index is 0. The second kappa shape index (κ2) is 6.78. The van der Waals surface area contributed by atoms with Crippen molar-refractivity contribution in [3.63, 3.8) is 0 Å². The van der Waals surface area contributed by atoms with Crippen LogP contribution in [0.4, 0.5) is 0 Å². The number of halogens is 1. The van der Waals surface area contributed by atoms with Crippen molar-refractivity contribution in [3.05, 3.63) is 48.0 Å². The van der Waals surface area contributed by atoms with Crippen molar-refractivity contribution in [1.82, 2.24) is 4.90 Å². The second-order valence-corrected chi connectivity index (χ2v) is 6.47. The van der Waals surface area contributed by atoms with Gasteiger partial charge in [0.25, 0.3) is 0 Å². The number of rotatable bonds is 4. The third-order valence-corrected chi connectivity index (χ3v) is 4.66. The summed E-state index contributed by atoms with van der Waals surface area (Å²) in [6, 6.07) is 15.4. The fraction of sp³-hybridized carbons (Fsp3) is 0.444. The third-order valence-electron chi connectivity index (χ3n) is 4.66. The van der Waals surface area contributed by atoms with Gasteiger partial charge in [0.15, 0.2) is 0 Å². The molecule has 1 atom stereocenters. The van der Waals surface area contributed by atoms with Crippen LogP contribution in [0.1, 0.15) is 18.9 Å². The van der Waals surface area contributed by atoms with Gasteiger partial charge in [0.2, 0.25) is 0 Å². The minimum atomic E-state index is 0. The van der Waals surface area contributed by atoms with E-state index in [9.17, 15) is 0 Å². The molecule has 2 N–H and O–H groups in total. The van der Waals surface area contributed by atoms with Crippen LogP contribution in [0.15, 0.2) is 42.5 Å². The summed E-state index contributed by atoms with van der Waals surface area (Å²) in [5.41, 5.74) is 7.65. The molecule has 1 aliphatic rings. The molecule has 0 amide bonds. The van der Waals surface area contributed by atoms with Gasteiger partial charge in [0.05, 0.1) is 0 Å². The molecule has 114 valence electrons. The van der Waals surface area contributed by atoms with E-state index in [-0.39, 0.29) is 12.4 Å². The van der Waals surface area contributed by atoms with Crippen LogP contribution >= 0.6 is 12.4 Å². The fourth-order valence-electron chi connectivity index (χ4n) is 3.16. The molecule has 1 saturated heterocycles. The molecule has 0 radical (unpaired) electrons. The van der Waals surface area contributed by atoms with E-state index >= 15 is 0 Å². The molecule has 0 aromatic heterocycles. The van der Waals surface area contributed by atoms with Gasteiger partial charge in [-0.25, -0.2) is 0 Å². The summed E-state index contributed by atoms with van der Waals surface area (Å²) in [5, 5.41) is 2.67. The van der Waals surface area contributed by atoms with E-state index in [1.54, 1.807) is 0 Å². The molecule has 1 unspecified atom stereocenters. The normalized spacial score (nSPS) is 22.4. The van der Waals surface area contributed by atoms with Gasteiger partial charge in [-0.3, -0.25) is 0 Å². The van der Waals surface area contributed by atoms with Gasteiger partial charge in [-0.15, -0.1) is 12.4 Å². The maximum Gasteiger partial charge on any atom is 0.00480 e. The van der Waals surface area contributed by atoms with E-state index in [1.165, 1.54) is 29.3 Å². The molecule has 0 aliphatic carbocycles. The Labute approximate surface area is 133 Å². The van der Waals surface area contributed by atoms with E-state index in [2.05, 4.69) is 54.3 Å². The molecule has 1 aliphatic heterocycles. The predicted octanol–water partition coefficient (Wildman–Crippen LogP) is 3.47. The Morgan fingerprint density at radius 1 is 1.14 bits per heavy atom. The van der Waals surface area contributed by atoms with Gasteiger partial charge in [-0.1, -0.05) is 49.4 Å². The van der Waals surface area contributed by atoms with Gasteiger partial charge in [-0.2, -0.15) is 0 Å². The lowest BCUT2D eigenvalue weighted by atomic mass is 9.90. The number of nitrogens with zero attached hydrogens (tertiary/aromatic N) is 1. The first kappa shape index (κ1) is 16.3. The predicted molar refractivity (Wildman–Crippen MR) is 93.1 cm³/mol. The fourth-order valence-corrected chi connectivity index (χ4v) is 3.16. The van der Waals surface area contributed by atoms with Crippen LogP contribution in [0.2, 0.25) is 0 Å². The first-order valence-corrected chi connectivity index (χ1v) is 7.59. The zero-order valence-corrected chi connectivity index (χ0v) is 13.5. The van der Waals surface area contributed by atoms with Gasteiger partial charge in [0.1, 0.15) is 0 Å². The van der Waals surface area contributed by atoms with Crippen molar-refractivity contribution in [2.75, 3.05) is 26.2 Å². The maximum absolute atomic E-state index is 5.87. The summed E-state index contributed by atoms with van der Waals surface area (Å²) in [6.07, 6.45) is 2.37. The highest BCUT2D eigenvalue weighted by Crippen LogP contribution is 2.28. The van der Waals surface area contributed by atoms with Crippen molar-refractivity contribution < 1.29 is 0 Å². The Morgan fingerprint density at radius 2 is 1.90 bits per heavy atom. The molecule has 3 rings (SSSR count). The van der Waals surface area contributed by atoms with E-state index < -0.39 is 0 Å². The zero-order valence-electron chi connectivity index (χ0n) is 12.7. The summed E-state index contributed by atoms with van der Waals surface area (Å²) >= 11 is 0. The third kappa shape index (κ3) is 3.76. The van der Waals surface area contributed by atoms with Crippen molar-refractivity contribution >= 4 is 23.2 Å². The highest BCUT2D eigenvalue weighted by molar-refractivity contribution is 5.85. The summed E-state index contributed by atoms with van der Waals surface area (Å²) in [7, 11) is 0. The molecule has 0 saturated carbocycles. The monoisotopic (exact) mass is 304 g/mol. The number of benzene rings is 2. The lowest BCUT2D eigenvalue weighted by molar-refractivity contribution is 0.283. The molecular weight excluding hydrogens is 280 g/mol. The first-order chi connectivity index (χ1) is 9.68. The summed E-state index contributed by atoms with van der Waals surface area (Å²) < 4.78 is 0. The Morgan fingerprint density at radius 3 is 2.62 bits per heavy atom. The van der Waals surface area contributed by atoms with Crippen molar-refractivity contribution in [2.45, 2.75) is 19.8 Å². The average Bonchev–Trinajstić information content (AvgIpc) is 2.87. The molecule has 21 heavy (non-hydrogen) atoms. The number of nitrogens with two attached hydrogens (primary N) is 1. The molecule has 2 nitrogen and oxygen atoms in total. The topological polar surface area (TPSA) is 29.3 Å². The summed E-state index contributed by atoms with van der Waals surface area (Å²) in [5.74, 6) is 0. The number of fused-ring (bicyclic) bond motifs is 1. The van der Waals surface area contributed by atoms with E-state index in [0.717, 1.165) is 26.1 Å². The molecular formula is C18H25ClN2. The number of hydrogen-bond acceptors (Lipinski definition) is 2. The molecule has 2 aromatic carbocycles. The lowest BCUT2D eigenvalue weighted by Gasteiger charge is -2.22. The molecule has 3 heteroatoms. The minimum Gasteiger partial charge on any atom is -0.330 e. The van der Waals surface area contributed by atoms with Crippen molar-refractivity contribution in [3.8, 4) is 0 Å². The molecule has 0 bridgehead atoms. The summed E-state index contributed by atoms with van der Waals surface area (Å²) in [4.78, 5) is 2.56. The largest absolute Gasteiger partial charge is 0.330 e. The maximum atomic E-state index is 5.87. The number of likely N-dealkylation sites (tertiary alicyclic amines) is 1. The van der Waals surface area contributed by atoms with E-state index in [0.29, 0.717) is 5.41 Å². The van der Waals surface area contributed by atoms with Crippen LogP contribution in [-0.4, -0.2) is 31.1 Å². The Balaban J connectivity index is 0.00000161. The van der Waals surface area contributed by atoms with E-state index in [4.69, 9.17) is 5.73 Å². The van der Waals surface area contributed by atoms with Crippen LogP contribution in [0.5, 0.6) is 0 Å². The molecule has 0 spiro atoms. The van der Waals surface area contributed by atoms with Crippen LogP contribution in [0, 0.1) is 5.41 Å². The van der Waals surface area contributed by atoms with Crippen LogP contribution in [0.3, 0.4) is 0 Å². The SMILES string of the molecule is CC1(CN)CCN(CCc2ccc3ccccc3c2)C1.Cl. The van der Waals surface area contributed by atoms with Crippen LogP contribution in [0.25, 0.3) is 10.8 Å². The second-order valence-electron chi connectivity index (χ2n) is 6.47. The number of hydrogen-bond donors (Lipinski definition) is 1.